The molecule has 4 heterocycles. The molecule has 5 rings (SSSR count). The lowest BCUT2D eigenvalue weighted by Crippen LogP contribution is -2.26. The standard InChI is InChI=1S/C23H24N4O3S5/c1-5-25-12-15(20-24(4)13-10-8-9-11-14(13)32-20)35(30)22(25)17-19(29)26(6-2)21(33-17)16-18(28)27(7-3)23(31)34-16/h8-12,28H,5-7H2,1-4H3/p-1. The monoisotopic (exact) mass is 563 g/mol. The van der Waals surface area contributed by atoms with Gasteiger partial charge in [0.15, 0.2) is 14.3 Å². The van der Waals surface area contributed by atoms with E-state index < -0.39 is 10.8 Å². The second kappa shape index (κ2) is 9.40. The summed E-state index contributed by atoms with van der Waals surface area (Å²) in [7, 11) is 0.421. The van der Waals surface area contributed by atoms with Gasteiger partial charge in [-0.3, -0.25) is 4.21 Å². The number of hydrogen-bond donors (Lipinski definition) is 0. The number of allylic oxidation sites excluding steroid dienone is 1. The van der Waals surface area contributed by atoms with Crippen molar-refractivity contribution in [3.8, 4) is 15.8 Å². The second-order valence-corrected chi connectivity index (χ2v) is 12.9. The molecule has 0 aliphatic carbocycles. The van der Waals surface area contributed by atoms with Gasteiger partial charge in [0.05, 0.1) is 32.6 Å². The molecule has 7 nitrogen and oxygen atoms in total. The minimum atomic E-state index is -1.55. The summed E-state index contributed by atoms with van der Waals surface area (Å²) >= 11 is 9.42. The summed E-state index contributed by atoms with van der Waals surface area (Å²) < 4.78 is 19.4. The summed E-state index contributed by atoms with van der Waals surface area (Å²) in [5, 5.41) is 14.9. The fourth-order valence-electron chi connectivity index (χ4n) is 4.16. The zero-order valence-electron chi connectivity index (χ0n) is 19.6. The van der Waals surface area contributed by atoms with Gasteiger partial charge < -0.3 is 28.5 Å². The van der Waals surface area contributed by atoms with Gasteiger partial charge in [-0.25, -0.2) is 0 Å². The van der Waals surface area contributed by atoms with Crippen LogP contribution in [0.25, 0.3) is 9.88 Å². The largest absolute Gasteiger partial charge is 0.860 e. The smallest absolute Gasteiger partial charge is 0.161 e. The molecule has 0 bridgehead atoms. The maximum absolute atomic E-state index is 13.9. The summed E-state index contributed by atoms with van der Waals surface area (Å²) in [5.74, 6) is -0.182. The first kappa shape index (κ1) is 24.6. The van der Waals surface area contributed by atoms with Crippen LogP contribution in [-0.4, -0.2) is 37.7 Å². The van der Waals surface area contributed by atoms with Gasteiger partial charge >= 0.3 is 0 Å². The van der Waals surface area contributed by atoms with E-state index in [0.717, 1.165) is 15.6 Å². The van der Waals surface area contributed by atoms with Gasteiger partial charge in [-0.05, 0) is 57.5 Å². The number of thioether (sulfide) groups is 1. The molecule has 0 amide bonds. The topological polar surface area (TPSA) is 73.3 Å². The lowest BCUT2D eigenvalue weighted by Gasteiger charge is -2.16. The van der Waals surface area contributed by atoms with E-state index >= 15 is 0 Å². The predicted octanol–water partition coefficient (Wildman–Crippen LogP) is 4.40. The van der Waals surface area contributed by atoms with Crippen LogP contribution in [0.4, 0.5) is 5.69 Å². The number of fused-ring (bicyclic) bond motifs is 1. The van der Waals surface area contributed by atoms with Crippen LogP contribution in [0, 0.1) is 9.33 Å². The van der Waals surface area contributed by atoms with E-state index in [2.05, 4.69) is 4.90 Å². The predicted molar refractivity (Wildman–Crippen MR) is 147 cm³/mol. The van der Waals surface area contributed by atoms with Gasteiger partial charge in [0.1, 0.15) is 17.0 Å². The summed E-state index contributed by atoms with van der Waals surface area (Å²) in [6, 6.07) is 8.07. The molecule has 0 saturated heterocycles. The van der Waals surface area contributed by atoms with Crippen molar-refractivity contribution in [2.24, 2.45) is 0 Å². The van der Waals surface area contributed by atoms with Crippen LogP contribution in [0.5, 0.6) is 5.88 Å². The van der Waals surface area contributed by atoms with Crippen LogP contribution in [-0.2, 0) is 23.9 Å². The van der Waals surface area contributed by atoms with E-state index in [9.17, 15) is 14.1 Å². The van der Waals surface area contributed by atoms with Crippen molar-refractivity contribution >= 4 is 69.4 Å². The summed E-state index contributed by atoms with van der Waals surface area (Å²) in [6.45, 7) is 7.16. The highest BCUT2D eigenvalue weighted by atomic mass is 32.2. The third-order valence-corrected chi connectivity index (χ3v) is 11.7. The molecule has 0 spiro atoms. The van der Waals surface area contributed by atoms with Crippen LogP contribution >= 0.6 is 46.7 Å². The third kappa shape index (κ3) is 3.77. The van der Waals surface area contributed by atoms with Gasteiger partial charge in [-0.2, -0.15) is 0 Å². The number of aromatic nitrogens is 2. The van der Waals surface area contributed by atoms with Gasteiger partial charge in [0.2, 0.25) is 0 Å². The van der Waals surface area contributed by atoms with Crippen molar-refractivity contribution < 1.29 is 13.9 Å². The van der Waals surface area contributed by atoms with E-state index in [0.29, 0.717) is 48.6 Å². The Morgan fingerprint density at radius 3 is 2.54 bits per heavy atom. The molecule has 184 valence electrons. The lowest BCUT2D eigenvalue weighted by molar-refractivity contribution is -0.479. The Kier molecular flexibility index (Phi) is 6.60. The van der Waals surface area contributed by atoms with Crippen LogP contribution in [0.2, 0.25) is 0 Å². The maximum atomic E-state index is 13.9. The Balaban J connectivity index is 1.63. The Bertz CT molecular complexity index is 1540. The van der Waals surface area contributed by atoms with Gasteiger partial charge in [-0.15, -0.1) is 11.3 Å². The van der Waals surface area contributed by atoms with Crippen molar-refractivity contribution in [3.63, 3.8) is 0 Å². The minimum Gasteiger partial charge on any atom is -0.860 e. The van der Waals surface area contributed by atoms with Crippen molar-refractivity contribution in [2.75, 3.05) is 18.5 Å². The third-order valence-electron chi connectivity index (χ3n) is 5.95. The maximum Gasteiger partial charge on any atom is 0.161 e. The summed E-state index contributed by atoms with van der Waals surface area (Å²) in [5.41, 5.74) is 0.838. The highest BCUT2D eigenvalue weighted by Gasteiger charge is 2.39. The summed E-state index contributed by atoms with van der Waals surface area (Å²) in [6.07, 6.45) is 1.89. The first-order valence-electron chi connectivity index (χ1n) is 11.1. The van der Waals surface area contributed by atoms with E-state index in [-0.39, 0.29) is 11.4 Å². The quantitative estimate of drug-likeness (QED) is 0.198. The molecule has 12 heteroatoms. The number of hydrogen-bond acceptors (Lipinski definition) is 7. The molecule has 2 aromatic heterocycles. The average Bonchev–Trinajstić information content (AvgIpc) is 3.55. The average molecular weight is 564 g/mol. The van der Waals surface area contributed by atoms with Crippen molar-refractivity contribution in [1.29, 1.82) is 0 Å². The van der Waals surface area contributed by atoms with E-state index in [1.807, 2.05) is 62.9 Å². The van der Waals surface area contributed by atoms with Crippen molar-refractivity contribution in [1.82, 2.24) is 9.13 Å². The van der Waals surface area contributed by atoms with Gasteiger partial charge in [0, 0.05) is 34.7 Å². The molecular weight excluding hydrogens is 541 g/mol. The molecule has 1 atom stereocenters. The number of rotatable bonds is 5. The number of para-hydroxylation sites is 1. The molecule has 0 radical (unpaired) electrons. The number of anilines is 1. The molecular formula is C23H23N4O3S5-. The Morgan fingerprint density at radius 1 is 1.20 bits per heavy atom. The van der Waals surface area contributed by atoms with Crippen LogP contribution in [0.1, 0.15) is 25.6 Å². The van der Waals surface area contributed by atoms with E-state index in [4.69, 9.17) is 12.2 Å². The molecule has 0 fully saturated rings. The molecule has 0 saturated carbocycles. The fourth-order valence-corrected chi connectivity index (χ4v) is 10.00. The number of benzene rings is 1. The second-order valence-electron chi connectivity index (χ2n) is 7.82. The zero-order chi connectivity index (χ0) is 25.0. The van der Waals surface area contributed by atoms with Crippen LogP contribution in [0.15, 0.2) is 43.9 Å². The van der Waals surface area contributed by atoms with Gasteiger partial charge in [-0.1, -0.05) is 23.9 Å². The minimum absolute atomic E-state index is 0.182. The molecule has 2 aliphatic rings. The Hall–Kier alpha value is -2.12. The number of nitrogens with zero attached hydrogens (tertiary/aromatic N) is 4. The van der Waals surface area contributed by atoms with Crippen LogP contribution in [0.3, 0.4) is 0 Å². The molecule has 2 aliphatic heterocycles. The van der Waals surface area contributed by atoms with Crippen LogP contribution < -0.4 is 15.6 Å². The normalized spacial score (nSPS) is 19.5. The molecule has 35 heavy (non-hydrogen) atoms. The van der Waals surface area contributed by atoms with Crippen molar-refractivity contribution in [2.45, 2.75) is 38.8 Å². The molecule has 1 unspecified atom stereocenters. The molecule has 0 N–H and O–H groups in total. The molecule has 1 aromatic carbocycles. The molecule has 3 aromatic rings. The Morgan fingerprint density at radius 2 is 1.91 bits per heavy atom. The zero-order valence-corrected chi connectivity index (χ0v) is 23.6. The fraction of sp³-hybridized carbons (Fsp3) is 0.304. The number of thiazole rings is 2. The SMILES string of the molecule is CCn1c([O-])c(-c2[s+][c-]([C-]3[N+](CC)=CC(=C4Sc5ccccc5N4C)S3=O)c(=O)n2CC)sc1=S. The van der Waals surface area contributed by atoms with E-state index in [1.165, 1.54) is 22.7 Å². The first-order valence-corrected chi connectivity index (χ1v) is 15.1. The van der Waals surface area contributed by atoms with Gasteiger partial charge in [0.25, 0.3) is 0 Å². The summed E-state index contributed by atoms with van der Waals surface area (Å²) in [4.78, 5) is 18.2. The van der Waals surface area contributed by atoms with Crippen molar-refractivity contribution in [3.05, 3.63) is 58.8 Å². The van der Waals surface area contributed by atoms with E-state index in [1.54, 1.807) is 20.9 Å². The first-order chi connectivity index (χ1) is 16.8. The highest BCUT2D eigenvalue weighted by molar-refractivity contribution is 8.05. The lowest BCUT2D eigenvalue weighted by atomic mass is 10.3. The highest BCUT2D eigenvalue weighted by Crippen LogP contribution is 2.48. The Labute approximate surface area is 223 Å².